The van der Waals surface area contributed by atoms with E-state index in [1.54, 1.807) is 13.4 Å². The van der Waals surface area contributed by atoms with Gasteiger partial charge in [0.1, 0.15) is 12.1 Å². The smallest absolute Gasteiger partial charge is 0.233 e. The van der Waals surface area contributed by atoms with Crippen LogP contribution in [0.4, 0.5) is 0 Å². The van der Waals surface area contributed by atoms with Gasteiger partial charge in [0.2, 0.25) is 5.91 Å². The van der Waals surface area contributed by atoms with E-state index in [1.807, 2.05) is 35.8 Å². The summed E-state index contributed by atoms with van der Waals surface area (Å²) in [6, 6.07) is 7.67. The van der Waals surface area contributed by atoms with Crippen molar-refractivity contribution in [3.8, 4) is 5.75 Å². The second-order valence-corrected chi connectivity index (χ2v) is 7.15. The Morgan fingerprint density at radius 1 is 1.32 bits per heavy atom. The summed E-state index contributed by atoms with van der Waals surface area (Å²) in [5.41, 5.74) is 1.04. The van der Waals surface area contributed by atoms with Crippen LogP contribution in [0.3, 0.4) is 0 Å². The number of benzene rings is 1. The minimum Gasteiger partial charge on any atom is -0.497 e. The Bertz CT molecular complexity index is 657. The second kappa shape index (κ2) is 10.1. The number of unbranched alkanes of at least 4 members (excludes halogenated alkanes) is 2. The lowest BCUT2D eigenvalue weighted by Crippen LogP contribution is -2.30. The standard InChI is InChI=1S/C18H26N4O2S/c1-4-5-6-11-22-13-20-21-18(22)25-14(2)17(23)19-12-15-7-9-16(24-3)10-8-15/h7-10,13-14H,4-6,11-12H2,1-3H3,(H,19,23)/t14-/m1/s1. The van der Waals surface area contributed by atoms with E-state index in [0.717, 1.165) is 29.4 Å². The molecule has 1 aromatic carbocycles. The van der Waals surface area contributed by atoms with Gasteiger partial charge in [-0.05, 0) is 31.0 Å². The highest BCUT2D eigenvalue weighted by molar-refractivity contribution is 8.00. The number of amides is 1. The average Bonchev–Trinajstić information content (AvgIpc) is 3.07. The van der Waals surface area contributed by atoms with Crippen molar-refractivity contribution in [3.05, 3.63) is 36.2 Å². The third kappa shape index (κ3) is 6.08. The van der Waals surface area contributed by atoms with Gasteiger partial charge >= 0.3 is 0 Å². The molecule has 0 saturated carbocycles. The average molecular weight is 362 g/mol. The number of nitrogens with one attached hydrogen (secondary N) is 1. The Kier molecular flexibility index (Phi) is 7.78. The minimum atomic E-state index is -0.229. The van der Waals surface area contributed by atoms with Gasteiger partial charge < -0.3 is 14.6 Å². The number of nitrogens with zero attached hydrogens (tertiary/aromatic N) is 3. The molecule has 7 heteroatoms. The second-order valence-electron chi connectivity index (χ2n) is 5.84. The number of rotatable bonds is 10. The van der Waals surface area contributed by atoms with Crippen LogP contribution in [-0.2, 0) is 17.9 Å². The van der Waals surface area contributed by atoms with E-state index in [9.17, 15) is 4.79 Å². The summed E-state index contributed by atoms with van der Waals surface area (Å²) < 4.78 is 7.15. The van der Waals surface area contributed by atoms with Crippen LogP contribution in [0.15, 0.2) is 35.7 Å². The molecular formula is C18H26N4O2S. The number of aromatic nitrogens is 3. The molecule has 1 heterocycles. The van der Waals surface area contributed by atoms with Gasteiger partial charge in [0, 0.05) is 13.1 Å². The molecule has 1 amide bonds. The lowest BCUT2D eigenvalue weighted by molar-refractivity contribution is -0.120. The largest absolute Gasteiger partial charge is 0.497 e. The topological polar surface area (TPSA) is 69.0 Å². The third-order valence-corrected chi connectivity index (χ3v) is 4.95. The highest BCUT2D eigenvalue weighted by Crippen LogP contribution is 2.21. The number of methoxy groups -OCH3 is 1. The summed E-state index contributed by atoms with van der Waals surface area (Å²) >= 11 is 1.44. The Morgan fingerprint density at radius 2 is 2.08 bits per heavy atom. The van der Waals surface area contributed by atoms with Crippen molar-refractivity contribution < 1.29 is 9.53 Å². The highest BCUT2D eigenvalue weighted by atomic mass is 32.2. The Hall–Kier alpha value is -2.02. The van der Waals surface area contributed by atoms with E-state index < -0.39 is 0 Å². The van der Waals surface area contributed by atoms with Crippen LogP contribution in [0.2, 0.25) is 0 Å². The molecule has 0 saturated heterocycles. The van der Waals surface area contributed by atoms with Gasteiger partial charge in [-0.3, -0.25) is 4.79 Å². The number of ether oxygens (including phenoxy) is 1. The van der Waals surface area contributed by atoms with Gasteiger partial charge in [0.05, 0.1) is 12.4 Å². The zero-order valence-electron chi connectivity index (χ0n) is 15.1. The van der Waals surface area contributed by atoms with Crippen LogP contribution in [-0.4, -0.2) is 33.0 Å². The maximum Gasteiger partial charge on any atom is 0.233 e. The summed E-state index contributed by atoms with van der Waals surface area (Å²) in [7, 11) is 1.64. The summed E-state index contributed by atoms with van der Waals surface area (Å²) in [6.45, 7) is 5.45. The van der Waals surface area contributed by atoms with Crippen molar-refractivity contribution in [1.29, 1.82) is 0 Å². The maximum absolute atomic E-state index is 12.3. The normalized spacial score (nSPS) is 12.0. The van der Waals surface area contributed by atoms with Crippen LogP contribution in [0.5, 0.6) is 5.75 Å². The van der Waals surface area contributed by atoms with Crippen molar-refractivity contribution in [2.24, 2.45) is 0 Å². The molecule has 0 fully saturated rings. The van der Waals surface area contributed by atoms with Gasteiger partial charge in [0.15, 0.2) is 5.16 Å². The summed E-state index contributed by atoms with van der Waals surface area (Å²) in [5.74, 6) is 0.797. The SMILES string of the molecule is CCCCCn1cnnc1S[C@H](C)C(=O)NCc1ccc(OC)cc1. The van der Waals surface area contributed by atoms with Crippen molar-refractivity contribution >= 4 is 17.7 Å². The Labute approximate surface area is 153 Å². The molecule has 0 bridgehead atoms. The molecule has 1 atom stereocenters. The van der Waals surface area contributed by atoms with Gasteiger partial charge in [-0.2, -0.15) is 0 Å². The fourth-order valence-electron chi connectivity index (χ4n) is 2.31. The first kappa shape index (κ1) is 19.3. The molecular weight excluding hydrogens is 336 g/mol. The highest BCUT2D eigenvalue weighted by Gasteiger charge is 2.17. The van der Waals surface area contributed by atoms with Crippen molar-refractivity contribution in [2.75, 3.05) is 7.11 Å². The van der Waals surface area contributed by atoms with E-state index in [-0.39, 0.29) is 11.2 Å². The van der Waals surface area contributed by atoms with E-state index in [2.05, 4.69) is 22.4 Å². The number of hydrogen-bond donors (Lipinski definition) is 1. The van der Waals surface area contributed by atoms with Crippen LogP contribution < -0.4 is 10.1 Å². The van der Waals surface area contributed by atoms with Gasteiger partial charge in [-0.15, -0.1) is 10.2 Å². The molecule has 0 aliphatic carbocycles. The molecule has 0 aliphatic heterocycles. The van der Waals surface area contributed by atoms with E-state index in [0.29, 0.717) is 6.54 Å². The van der Waals surface area contributed by atoms with Crippen LogP contribution >= 0.6 is 11.8 Å². The number of carbonyl (C=O) groups excluding carboxylic acids is 1. The summed E-state index contributed by atoms with van der Waals surface area (Å²) in [4.78, 5) is 12.3. The quantitative estimate of drug-likeness (QED) is 0.519. The van der Waals surface area contributed by atoms with Gasteiger partial charge in [-0.1, -0.05) is 43.7 Å². The molecule has 0 radical (unpaired) electrons. The molecule has 6 nitrogen and oxygen atoms in total. The Balaban J connectivity index is 1.82. The first-order valence-electron chi connectivity index (χ1n) is 8.59. The van der Waals surface area contributed by atoms with Crippen LogP contribution in [0, 0.1) is 0 Å². The van der Waals surface area contributed by atoms with Crippen LogP contribution in [0.1, 0.15) is 38.7 Å². The first-order chi connectivity index (χ1) is 12.1. The number of thioether (sulfide) groups is 1. The number of hydrogen-bond acceptors (Lipinski definition) is 5. The number of aryl methyl sites for hydroxylation is 1. The molecule has 136 valence electrons. The summed E-state index contributed by atoms with van der Waals surface area (Å²) in [5, 5.41) is 11.6. The molecule has 1 N–H and O–H groups in total. The monoisotopic (exact) mass is 362 g/mol. The number of carbonyl (C=O) groups is 1. The predicted molar refractivity (Wildman–Crippen MR) is 99.7 cm³/mol. The molecule has 2 rings (SSSR count). The predicted octanol–water partition coefficient (Wildman–Crippen LogP) is 3.27. The third-order valence-electron chi connectivity index (χ3n) is 3.86. The van der Waals surface area contributed by atoms with E-state index in [4.69, 9.17) is 4.74 Å². The summed E-state index contributed by atoms with van der Waals surface area (Å²) in [6.07, 6.45) is 5.19. The van der Waals surface area contributed by atoms with Gasteiger partial charge in [0.25, 0.3) is 0 Å². The first-order valence-corrected chi connectivity index (χ1v) is 9.47. The molecule has 1 aromatic heterocycles. The maximum atomic E-state index is 12.3. The molecule has 25 heavy (non-hydrogen) atoms. The van der Waals surface area contributed by atoms with Crippen molar-refractivity contribution in [3.63, 3.8) is 0 Å². The fraction of sp³-hybridized carbons (Fsp3) is 0.500. The lowest BCUT2D eigenvalue weighted by Gasteiger charge is -2.12. The van der Waals surface area contributed by atoms with E-state index >= 15 is 0 Å². The molecule has 0 unspecified atom stereocenters. The zero-order valence-corrected chi connectivity index (χ0v) is 15.9. The molecule has 0 spiro atoms. The van der Waals surface area contributed by atoms with Crippen molar-refractivity contribution in [1.82, 2.24) is 20.1 Å². The Morgan fingerprint density at radius 3 is 2.76 bits per heavy atom. The van der Waals surface area contributed by atoms with Crippen molar-refractivity contribution in [2.45, 2.75) is 56.6 Å². The zero-order chi connectivity index (χ0) is 18.1. The molecule has 0 aliphatic rings. The minimum absolute atomic E-state index is 0.0103. The van der Waals surface area contributed by atoms with Gasteiger partial charge in [-0.25, -0.2) is 0 Å². The van der Waals surface area contributed by atoms with Crippen LogP contribution in [0.25, 0.3) is 0 Å². The molecule has 2 aromatic rings. The van der Waals surface area contributed by atoms with E-state index in [1.165, 1.54) is 24.6 Å². The lowest BCUT2D eigenvalue weighted by atomic mass is 10.2. The fourth-order valence-corrected chi connectivity index (χ4v) is 3.18.